The molecule has 100 valence electrons. The number of phenols is 1. The molecule has 4 nitrogen and oxygen atoms in total. The molecule has 0 aliphatic heterocycles. The van der Waals surface area contributed by atoms with E-state index in [4.69, 9.17) is 17.3 Å². The molecule has 3 N–H and O–H groups in total. The fourth-order valence-corrected chi connectivity index (χ4v) is 1.97. The summed E-state index contributed by atoms with van der Waals surface area (Å²) in [5.74, 6) is -0.230. The molecular weight excluding hydrogens is 252 g/mol. The minimum absolute atomic E-state index is 0.147. The second-order valence-electron chi connectivity index (χ2n) is 4.27. The maximum Gasteiger partial charge on any atom is 0.231 e. The molecule has 0 heterocycles. The third-order valence-corrected chi connectivity index (χ3v) is 3.04. The van der Waals surface area contributed by atoms with Crippen LogP contribution in [0.25, 0.3) is 0 Å². The Balaban J connectivity index is 2.78. The monoisotopic (exact) mass is 270 g/mol. The largest absolute Gasteiger partial charge is 0.508 e. The SMILES string of the molecule is CCCCN(CC(N)=O)Cc1c(O)cccc1Cl. The molecule has 5 heteroatoms. The number of aromatic hydroxyl groups is 1. The Hall–Kier alpha value is -1.26. The number of amides is 1. The summed E-state index contributed by atoms with van der Waals surface area (Å²) in [4.78, 5) is 12.9. The summed E-state index contributed by atoms with van der Waals surface area (Å²) in [6, 6.07) is 4.99. The van der Waals surface area contributed by atoms with E-state index in [-0.39, 0.29) is 18.2 Å². The quantitative estimate of drug-likeness (QED) is 0.798. The number of benzene rings is 1. The number of hydrogen-bond donors (Lipinski definition) is 2. The third kappa shape index (κ3) is 4.55. The molecule has 1 amide bonds. The van der Waals surface area contributed by atoms with Crippen molar-refractivity contribution < 1.29 is 9.90 Å². The summed E-state index contributed by atoms with van der Waals surface area (Å²) in [6.45, 7) is 3.43. The zero-order valence-corrected chi connectivity index (χ0v) is 11.3. The van der Waals surface area contributed by atoms with E-state index in [0.29, 0.717) is 17.1 Å². The average Bonchev–Trinajstić information content (AvgIpc) is 2.30. The number of nitrogens with two attached hydrogens (primary N) is 1. The van der Waals surface area contributed by atoms with Crippen LogP contribution in [-0.2, 0) is 11.3 Å². The average molecular weight is 271 g/mol. The van der Waals surface area contributed by atoms with E-state index in [9.17, 15) is 9.90 Å². The van der Waals surface area contributed by atoms with Gasteiger partial charge >= 0.3 is 0 Å². The molecule has 0 fully saturated rings. The van der Waals surface area contributed by atoms with Gasteiger partial charge in [0, 0.05) is 17.1 Å². The zero-order valence-electron chi connectivity index (χ0n) is 10.5. The number of carbonyl (C=O) groups excluding carboxylic acids is 1. The van der Waals surface area contributed by atoms with Gasteiger partial charge in [-0.1, -0.05) is 31.0 Å². The number of phenolic OH excluding ortho intramolecular Hbond substituents is 1. The maximum atomic E-state index is 11.0. The molecule has 0 aliphatic rings. The predicted molar refractivity (Wildman–Crippen MR) is 72.5 cm³/mol. The molecule has 1 rings (SSSR count). The molecule has 0 atom stereocenters. The van der Waals surface area contributed by atoms with Crippen molar-refractivity contribution in [2.75, 3.05) is 13.1 Å². The Labute approximate surface area is 112 Å². The van der Waals surface area contributed by atoms with Crippen molar-refractivity contribution in [1.82, 2.24) is 4.90 Å². The summed E-state index contributed by atoms with van der Waals surface area (Å²) in [5.41, 5.74) is 5.85. The minimum Gasteiger partial charge on any atom is -0.508 e. The van der Waals surface area contributed by atoms with E-state index >= 15 is 0 Å². The lowest BCUT2D eigenvalue weighted by Crippen LogP contribution is -2.34. The van der Waals surface area contributed by atoms with Crippen molar-refractivity contribution in [2.24, 2.45) is 5.73 Å². The van der Waals surface area contributed by atoms with Crippen molar-refractivity contribution >= 4 is 17.5 Å². The Kier molecular flexibility index (Phi) is 5.95. The highest BCUT2D eigenvalue weighted by Gasteiger charge is 2.13. The normalized spacial score (nSPS) is 10.8. The molecule has 0 bridgehead atoms. The van der Waals surface area contributed by atoms with E-state index in [1.54, 1.807) is 18.2 Å². The summed E-state index contributed by atoms with van der Waals surface area (Å²) >= 11 is 6.04. The van der Waals surface area contributed by atoms with Crippen molar-refractivity contribution in [2.45, 2.75) is 26.3 Å². The van der Waals surface area contributed by atoms with E-state index in [1.165, 1.54) is 0 Å². The van der Waals surface area contributed by atoms with Crippen LogP contribution < -0.4 is 5.73 Å². The van der Waals surface area contributed by atoms with E-state index in [1.807, 2.05) is 4.90 Å². The molecule has 0 saturated carbocycles. The summed E-state index contributed by atoms with van der Waals surface area (Å²) in [6.07, 6.45) is 2.00. The topological polar surface area (TPSA) is 66.6 Å². The summed E-state index contributed by atoms with van der Waals surface area (Å²) < 4.78 is 0. The Bertz CT molecular complexity index is 390. The van der Waals surface area contributed by atoms with Crippen LogP contribution in [-0.4, -0.2) is 29.0 Å². The smallest absolute Gasteiger partial charge is 0.231 e. The highest BCUT2D eigenvalue weighted by molar-refractivity contribution is 6.31. The zero-order chi connectivity index (χ0) is 13.5. The van der Waals surface area contributed by atoms with Crippen molar-refractivity contribution in [3.8, 4) is 5.75 Å². The lowest BCUT2D eigenvalue weighted by molar-refractivity contribution is -0.119. The number of carbonyl (C=O) groups is 1. The molecule has 0 saturated heterocycles. The van der Waals surface area contributed by atoms with Gasteiger partial charge in [0.15, 0.2) is 0 Å². The van der Waals surface area contributed by atoms with Crippen LogP contribution in [0.2, 0.25) is 5.02 Å². The molecule has 0 spiro atoms. The molecule has 1 aromatic rings. The third-order valence-electron chi connectivity index (χ3n) is 2.68. The minimum atomic E-state index is -0.377. The van der Waals surface area contributed by atoms with E-state index in [0.717, 1.165) is 19.4 Å². The van der Waals surface area contributed by atoms with Gasteiger partial charge in [-0.05, 0) is 25.1 Å². The Morgan fingerprint density at radius 3 is 2.78 bits per heavy atom. The van der Waals surface area contributed by atoms with Crippen LogP contribution in [0.4, 0.5) is 0 Å². The number of hydrogen-bond acceptors (Lipinski definition) is 3. The summed E-state index contributed by atoms with van der Waals surface area (Å²) in [5, 5.41) is 10.3. The van der Waals surface area contributed by atoms with Crippen molar-refractivity contribution in [1.29, 1.82) is 0 Å². The van der Waals surface area contributed by atoms with Gasteiger partial charge in [0.25, 0.3) is 0 Å². The molecule has 18 heavy (non-hydrogen) atoms. The van der Waals surface area contributed by atoms with Crippen molar-refractivity contribution in [3.05, 3.63) is 28.8 Å². The Morgan fingerprint density at radius 2 is 2.22 bits per heavy atom. The number of unbranched alkanes of at least 4 members (excludes halogenated alkanes) is 1. The second-order valence-corrected chi connectivity index (χ2v) is 4.68. The van der Waals surface area contributed by atoms with Gasteiger partial charge in [0.1, 0.15) is 5.75 Å². The molecule has 0 radical (unpaired) electrons. The molecular formula is C13H19ClN2O2. The van der Waals surface area contributed by atoms with Crippen LogP contribution in [0.3, 0.4) is 0 Å². The number of rotatable bonds is 7. The van der Waals surface area contributed by atoms with Gasteiger partial charge < -0.3 is 10.8 Å². The molecule has 0 unspecified atom stereocenters. The van der Waals surface area contributed by atoms with Gasteiger partial charge in [-0.25, -0.2) is 0 Å². The van der Waals surface area contributed by atoms with Crippen LogP contribution in [0.15, 0.2) is 18.2 Å². The molecule has 1 aromatic carbocycles. The van der Waals surface area contributed by atoms with Crippen LogP contribution in [0, 0.1) is 0 Å². The van der Waals surface area contributed by atoms with Crippen LogP contribution >= 0.6 is 11.6 Å². The lowest BCUT2D eigenvalue weighted by Gasteiger charge is -2.21. The molecule has 0 aliphatic carbocycles. The first kappa shape index (κ1) is 14.8. The van der Waals surface area contributed by atoms with Crippen LogP contribution in [0.1, 0.15) is 25.3 Å². The van der Waals surface area contributed by atoms with Gasteiger partial charge in [-0.3, -0.25) is 9.69 Å². The first-order chi connectivity index (χ1) is 8.54. The van der Waals surface area contributed by atoms with Gasteiger partial charge in [-0.2, -0.15) is 0 Å². The first-order valence-corrected chi connectivity index (χ1v) is 6.39. The standard InChI is InChI=1S/C13H19ClN2O2/c1-2-3-7-16(9-13(15)18)8-10-11(14)5-4-6-12(10)17/h4-6,17H,2-3,7-9H2,1H3,(H2,15,18). The first-order valence-electron chi connectivity index (χ1n) is 6.01. The van der Waals surface area contributed by atoms with Crippen molar-refractivity contribution in [3.63, 3.8) is 0 Å². The number of primary amides is 1. The Morgan fingerprint density at radius 1 is 1.50 bits per heavy atom. The fraction of sp³-hybridized carbons (Fsp3) is 0.462. The second kappa shape index (κ2) is 7.24. The maximum absolute atomic E-state index is 11.0. The lowest BCUT2D eigenvalue weighted by atomic mass is 10.1. The highest BCUT2D eigenvalue weighted by Crippen LogP contribution is 2.26. The van der Waals surface area contributed by atoms with Gasteiger partial charge in [-0.15, -0.1) is 0 Å². The summed E-state index contributed by atoms with van der Waals surface area (Å²) in [7, 11) is 0. The number of nitrogens with zero attached hydrogens (tertiary/aromatic N) is 1. The number of halogens is 1. The molecule has 0 aromatic heterocycles. The fourth-order valence-electron chi connectivity index (χ4n) is 1.74. The van der Waals surface area contributed by atoms with E-state index in [2.05, 4.69) is 6.92 Å². The van der Waals surface area contributed by atoms with Gasteiger partial charge in [0.2, 0.25) is 5.91 Å². The van der Waals surface area contributed by atoms with E-state index < -0.39 is 0 Å². The van der Waals surface area contributed by atoms with Gasteiger partial charge in [0.05, 0.1) is 6.54 Å². The highest BCUT2D eigenvalue weighted by atomic mass is 35.5. The predicted octanol–water partition coefficient (Wildman–Crippen LogP) is 2.13. The van der Waals surface area contributed by atoms with Crippen LogP contribution in [0.5, 0.6) is 5.75 Å².